The molecule has 0 atom stereocenters. The lowest BCUT2D eigenvalue weighted by Crippen LogP contribution is -2.02. The first-order chi connectivity index (χ1) is 12.2. The van der Waals surface area contributed by atoms with Gasteiger partial charge in [0.25, 0.3) is 5.69 Å². The van der Waals surface area contributed by atoms with E-state index in [9.17, 15) is 10.1 Å². The molecule has 0 saturated heterocycles. The number of hydrogen-bond acceptors (Lipinski definition) is 7. The lowest BCUT2D eigenvalue weighted by atomic mass is 10.2. The zero-order chi connectivity index (χ0) is 17.2. The molecule has 9 heteroatoms. The second-order valence-corrected chi connectivity index (χ2v) is 6.08. The summed E-state index contributed by atoms with van der Waals surface area (Å²) in [6, 6.07) is 15.7. The van der Waals surface area contributed by atoms with Crippen LogP contribution >= 0.6 is 11.3 Å². The number of ether oxygens (including phenoxy) is 1. The average Bonchev–Trinajstić information content (AvgIpc) is 3.22. The molecule has 8 nitrogen and oxygen atoms in total. The molecule has 4 rings (SSSR count). The third-order valence-electron chi connectivity index (χ3n) is 3.49. The van der Waals surface area contributed by atoms with Gasteiger partial charge in [0, 0.05) is 17.7 Å². The van der Waals surface area contributed by atoms with Crippen LogP contribution in [0, 0.1) is 10.1 Å². The van der Waals surface area contributed by atoms with Gasteiger partial charge in [0.2, 0.25) is 4.96 Å². The van der Waals surface area contributed by atoms with Crippen molar-refractivity contribution < 1.29 is 9.66 Å². The molecule has 0 spiro atoms. The van der Waals surface area contributed by atoms with Gasteiger partial charge < -0.3 is 4.74 Å². The fraction of sp³-hybridized carbons (Fsp3) is 0.0625. The maximum atomic E-state index is 10.7. The maximum absolute atomic E-state index is 10.7. The van der Waals surface area contributed by atoms with Gasteiger partial charge in [0.1, 0.15) is 17.4 Å². The summed E-state index contributed by atoms with van der Waals surface area (Å²) in [5.74, 6) is 1.33. The van der Waals surface area contributed by atoms with Crippen LogP contribution in [0.5, 0.6) is 5.75 Å². The van der Waals surface area contributed by atoms with Crippen molar-refractivity contribution in [1.29, 1.82) is 0 Å². The zero-order valence-corrected chi connectivity index (χ0v) is 13.6. The Kier molecular flexibility index (Phi) is 3.82. The largest absolute Gasteiger partial charge is 0.486 e. The molecule has 0 unspecified atom stereocenters. The molecule has 0 bridgehead atoms. The summed E-state index contributed by atoms with van der Waals surface area (Å²) < 4.78 is 7.31. The van der Waals surface area contributed by atoms with Crippen LogP contribution in [0.2, 0.25) is 0 Å². The van der Waals surface area contributed by atoms with Crippen LogP contribution in [0.3, 0.4) is 0 Å². The molecule has 0 aliphatic carbocycles. The molecule has 0 N–H and O–H groups in total. The molecule has 4 aromatic rings. The van der Waals surface area contributed by atoms with Crippen LogP contribution in [0.1, 0.15) is 5.82 Å². The fourth-order valence-electron chi connectivity index (χ4n) is 2.25. The van der Waals surface area contributed by atoms with Crippen molar-refractivity contribution >= 4 is 22.0 Å². The number of benzene rings is 2. The Hall–Kier alpha value is -3.33. The molecule has 0 aliphatic heterocycles. The molecule has 0 fully saturated rings. The Labute approximate surface area is 145 Å². The SMILES string of the molecule is O=[N+]([O-])c1ccc(-c2nn3c(COc4ccccc4)nnc3s2)cc1. The molecule has 2 aromatic heterocycles. The quantitative estimate of drug-likeness (QED) is 0.403. The van der Waals surface area contributed by atoms with Gasteiger partial charge in [-0.05, 0) is 24.3 Å². The fourth-order valence-corrected chi connectivity index (χ4v) is 3.12. The number of aromatic nitrogens is 4. The van der Waals surface area contributed by atoms with E-state index in [0.717, 1.165) is 11.3 Å². The van der Waals surface area contributed by atoms with Crippen LogP contribution in [0.25, 0.3) is 15.5 Å². The van der Waals surface area contributed by atoms with Crippen LogP contribution in [-0.4, -0.2) is 24.7 Å². The van der Waals surface area contributed by atoms with E-state index in [1.165, 1.54) is 23.5 Å². The van der Waals surface area contributed by atoms with E-state index < -0.39 is 4.92 Å². The van der Waals surface area contributed by atoms with Gasteiger partial charge in [-0.15, -0.1) is 10.2 Å². The van der Waals surface area contributed by atoms with Gasteiger partial charge in [-0.2, -0.15) is 9.61 Å². The lowest BCUT2D eigenvalue weighted by Gasteiger charge is -2.02. The average molecular weight is 353 g/mol. The van der Waals surface area contributed by atoms with Gasteiger partial charge in [-0.25, -0.2) is 0 Å². The molecule has 0 amide bonds. The molecule has 0 saturated carbocycles. The molecular weight excluding hydrogens is 342 g/mol. The molecule has 2 heterocycles. The standard InChI is InChI=1S/C16H11N5O3S/c22-21(23)12-8-6-11(7-9-12)15-19-20-14(17-18-16(20)25-15)10-24-13-4-2-1-3-5-13/h1-9H,10H2. The van der Waals surface area contributed by atoms with E-state index in [4.69, 9.17) is 4.74 Å². The minimum atomic E-state index is -0.429. The number of rotatable bonds is 5. The number of nitro benzene ring substituents is 1. The highest BCUT2D eigenvalue weighted by molar-refractivity contribution is 7.19. The molecule has 124 valence electrons. The maximum Gasteiger partial charge on any atom is 0.269 e. The molecule has 0 aliphatic rings. The Balaban J connectivity index is 1.58. The van der Waals surface area contributed by atoms with E-state index >= 15 is 0 Å². The van der Waals surface area contributed by atoms with Crippen LogP contribution in [0.4, 0.5) is 5.69 Å². The van der Waals surface area contributed by atoms with E-state index in [1.807, 2.05) is 30.3 Å². The predicted molar refractivity (Wildman–Crippen MR) is 91.5 cm³/mol. The van der Waals surface area contributed by atoms with Crippen molar-refractivity contribution in [1.82, 2.24) is 19.8 Å². The van der Waals surface area contributed by atoms with Gasteiger partial charge >= 0.3 is 0 Å². The highest BCUT2D eigenvalue weighted by atomic mass is 32.1. The summed E-state index contributed by atoms with van der Waals surface area (Å²) in [5.41, 5.74) is 0.833. The first kappa shape index (κ1) is 15.2. The third-order valence-corrected chi connectivity index (χ3v) is 4.44. The van der Waals surface area contributed by atoms with Gasteiger partial charge in [0.15, 0.2) is 5.82 Å². The van der Waals surface area contributed by atoms with Gasteiger partial charge in [-0.1, -0.05) is 29.5 Å². The summed E-state index contributed by atoms with van der Waals surface area (Å²) in [6.07, 6.45) is 0. The van der Waals surface area contributed by atoms with Gasteiger partial charge in [0.05, 0.1) is 4.92 Å². The Bertz CT molecular complexity index is 1030. The first-order valence-electron chi connectivity index (χ1n) is 7.34. The Morgan fingerprint density at radius 3 is 2.56 bits per heavy atom. The summed E-state index contributed by atoms with van der Waals surface area (Å²) in [4.78, 5) is 10.9. The summed E-state index contributed by atoms with van der Waals surface area (Å²) in [6.45, 7) is 0.245. The smallest absolute Gasteiger partial charge is 0.269 e. The van der Waals surface area contributed by atoms with Crippen molar-refractivity contribution in [2.24, 2.45) is 0 Å². The van der Waals surface area contributed by atoms with E-state index in [2.05, 4.69) is 15.3 Å². The highest BCUT2D eigenvalue weighted by Gasteiger charge is 2.14. The summed E-state index contributed by atoms with van der Waals surface area (Å²) >= 11 is 1.36. The predicted octanol–water partition coefficient (Wildman–Crippen LogP) is 3.34. The lowest BCUT2D eigenvalue weighted by molar-refractivity contribution is -0.384. The minimum Gasteiger partial charge on any atom is -0.486 e. The van der Waals surface area contributed by atoms with Crippen molar-refractivity contribution in [2.45, 2.75) is 6.61 Å². The number of nitro groups is 1. The molecule has 2 aromatic carbocycles. The summed E-state index contributed by atoms with van der Waals surface area (Å²) in [7, 11) is 0. The number of fused-ring (bicyclic) bond motifs is 1. The topological polar surface area (TPSA) is 95.5 Å². The Morgan fingerprint density at radius 1 is 1.08 bits per heavy atom. The monoisotopic (exact) mass is 353 g/mol. The Morgan fingerprint density at radius 2 is 1.84 bits per heavy atom. The highest BCUT2D eigenvalue weighted by Crippen LogP contribution is 2.27. The van der Waals surface area contributed by atoms with Crippen LogP contribution < -0.4 is 4.74 Å². The second kappa shape index (κ2) is 6.29. The summed E-state index contributed by atoms with van der Waals surface area (Å²) in [5, 5.41) is 24.1. The second-order valence-electron chi connectivity index (χ2n) is 5.12. The van der Waals surface area contributed by atoms with E-state index in [-0.39, 0.29) is 12.3 Å². The number of para-hydroxylation sites is 1. The van der Waals surface area contributed by atoms with E-state index in [1.54, 1.807) is 16.6 Å². The van der Waals surface area contributed by atoms with Crippen molar-refractivity contribution in [3.05, 3.63) is 70.5 Å². The third kappa shape index (κ3) is 3.04. The minimum absolute atomic E-state index is 0.0451. The van der Waals surface area contributed by atoms with Crippen molar-refractivity contribution in [3.63, 3.8) is 0 Å². The van der Waals surface area contributed by atoms with Crippen molar-refractivity contribution in [2.75, 3.05) is 0 Å². The zero-order valence-electron chi connectivity index (χ0n) is 12.8. The first-order valence-corrected chi connectivity index (χ1v) is 8.16. The molecular formula is C16H11N5O3S. The van der Waals surface area contributed by atoms with Crippen LogP contribution in [0.15, 0.2) is 54.6 Å². The molecule has 0 radical (unpaired) electrons. The van der Waals surface area contributed by atoms with Crippen molar-refractivity contribution in [3.8, 4) is 16.3 Å². The van der Waals surface area contributed by atoms with E-state index in [0.29, 0.717) is 15.8 Å². The van der Waals surface area contributed by atoms with Gasteiger partial charge in [-0.3, -0.25) is 10.1 Å². The number of nitrogens with zero attached hydrogens (tertiary/aromatic N) is 5. The number of hydrogen-bond donors (Lipinski definition) is 0. The normalized spacial score (nSPS) is 10.9. The number of non-ortho nitro benzene ring substituents is 1. The van der Waals surface area contributed by atoms with Crippen LogP contribution in [-0.2, 0) is 6.61 Å². The molecule has 25 heavy (non-hydrogen) atoms.